The standard InChI is InChI=1S/C8H14O5/c1-6(10)11-5-8(2)12-4-7(3-9)13-8/h7,9H,3-5H2,1-2H3/t7?,8-/m1/s1. The Kier molecular flexibility index (Phi) is 3.24. The molecule has 0 radical (unpaired) electrons. The van der Waals surface area contributed by atoms with Gasteiger partial charge in [0.05, 0.1) is 13.2 Å². The van der Waals surface area contributed by atoms with Gasteiger partial charge in [-0.3, -0.25) is 4.79 Å². The third kappa shape index (κ3) is 2.95. The number of hydrogen-bond donors (Lipinski definition) is 1. The van der Waals surface area contributed by atoms with Gasteiger partial charge < -0.3 is 19.3 Å². The molecule has 1 heterocycles. The van der Waals surface area contributed by atoms with E-state index in [1.165, 1.54) is 6.92 Å². The van der Waals surface area contributed by atoms with Crippen LogP contribution in [-0.4, -0.2) is 42.8 Å². The Morgan fingerprint density at radius 1 is 1.77 bits per heavy atom. The lowest BCUT2D eigenvalue weighted by Gasteiger charge is -2.21. The van der Waals surface area contributed by atoms with Crippen LogP contribution in [0.25, 0.3) is 0 Å². The largest absolute Gasteiger partial charge is 0.460 e. The monoisotopic (exact) mass is 190 g/mol. The van der Waals surface area contributed by atoms with Crippen LogP contribution in [0.3, 0.4) is 0 Å². The van der Waals surface area contributed by atoms with Crippen LogP contribution < -0.4 is 0 Å². The van der Waals surface area contributed by atoms with E-state index in [-0.39, 0.29) is 25.3 Å². The molecule has 0 aromatic carbocycles. The van der Waals surface area contributed by atoms with Crippen molar-refractivity contribution in [3.05, 3.63) is 0 Å². The van der Waals surface area contributed by atoms with E-state index in [1.807, 2.05) is 0 Å². The van der Waals surface area contributed by atoms with E-state index in [9.17, 15) is 4.79 Å². The highest BCUT2D eigenvalue weighted by Gasteiger charge is 2.37. The molecule has 0 aliphatic carbocycles. The van der Waals surface area contributed by atoms with E-state index >= 15 is 0 Å². The van der Waals surface area contributed by atoms with Crippen molar-refractivity contribution in [2.45, 2.75) is 25.7 Å². The lowest BCUT2D eigenvalue weighted by molar-refractivity contribution is -0.196. The zero-order chi connectivity index (χ0) is 9.90. The van der Waals surface area contributed by atoms with Gasteiger partial charge in [-0.2, -0.15) is 0 Å². The molecule has 0 spiro atoms. The number of aliphatic hydroxyl groups excluding tert-OH is 1. The zero-order valence-electron chi connectivity index (χ0n) is 7.78. The number of rotatable bonds is 3. The molecule has 5 nitrogen and oxygen atoms in total. The molecule has 0 aromatic rings. The van der Waals surface area contributed by atoms with Crippen LogP contribution in [-0.2, 0) is 19.0 Å². The second-order valence-corrected chi connectivity index (χ2v) is 3.15. The van der Waals surface area contributed by atoms with E-state index in [4.69, 9.17) is 19.3 Å². The van der Waals surface area contributed by atoms with E-state index in [1.54, 1.807) is 6.92 Å². The average Bonchev–Trinajstić information content (AvgIpc) is 2.45. The normalized spacial score (nSPS) is 33.3. The SMILES string of the molecule is CC(=O)OC[C@]1(C)OCC(CO)O1. The molecule has 1 aliphatic heterocycles. The van der Waals surface area contributed by atoms with Crippen LogP contribution in [0, 0.1) is 0 Å². The molecule has 0 saturated carbocycles. The summed E-state index contributed by atoms with van der Waals surface area (Å²) in [5.41, 5.74) is 0. The molecule has 1 N–H and O–H groups in total. The van der Waals surface area contributed by atoms with Crippen LogP contribution in [0.4, 0.5) is 0 Å². The molecule has 1 saturated heterocycles. The van der Waals surface area contributed by atoms with Gasteiger partial charge in [-0.25, -0.2) is 0 Å². The second-order valence-electron chi connectivity index (χ2n) is 3.15. The fourth-order valence-corrected chi connectivity index (χ4v) is 1.09. The van der Waals surface area contributed by atoms with Gasteiger partial charge in [0.1, 0.15) is 12.7 Å². The molecule has 13 heavy (non-hydrogen) atoms. The van der Waals surface area contributed by atoms with Crippen LogP contribution in [0.1, 0.15) is 13.8 Å². The summed E-state index contributed by atoms with van der Waals surface area (Å²) >= 11 is 0. The van der Waals surface area contributed by atoms with E-state index < -0.39 is 5.79 Å². The fraction of sp³-hybridized carbons (Fsp3) is 0.875. The Hall–Kier alpha value is -0.650. The molecule has 0 aromatic heterocycles. The Balaban J connectivity index is 2.35. The third-order valence-corrected chi connectivity index (χ3v) is 1.73. The predicted octanol–water partition coefficient (Wildman–Crippen LogP) is -0.327. The first-order valence-electron chi connectivity index (χ1n) is 4.12. The van der Waals surface area contributed by atoms with E-state index in [0.29, 0.717) is 6.61 Å². The highest BCUT2D eigenvalue weighted by molar-refractivity contribution is 5.65. The van der Waals surface area contributed by atoms with Gasteiger partial charge in [0.15, 0.2) is 0 Å². The summed E-state index contributed by atoms with van der Waals surface area (Å²) in [6, 6.07) is 0. The van der Waals surface area contributed by atoms with Crippen molar-refractivity contribution in [1.29, 1.82) is 0 Å². The molecular formula is C8H14O5. The number of hydrogen-bond acceptors (Lipinski definition) is 5. The van der Waals surface area contributed by atoms with Gasteiger partial charge in [-0.1, -0.05) is 0 Å². The van der Waals surface area contributed by atoms with Crippen molar-refractivity contribution in [3.63, 3.8) is 0 Å². The van der Waals surface area contributed by atoms with Crippen molar-refractivity contribution in [2.75, 3.05) is 19.8 Å². The van der Waals surface area contributed by atoms with Gasteiger partial charge in [-0.05, 0) is 6.92 Å². The minimum absolute atomic E-state index is 0.0544. The predicted molar refractivity (Wildman–Crippen MR) is 42.9 cm³/mol. The Morgan fingerprint density at radius 3 is 2.92 bits per heavy atom. The van der Waals surface area contributed by atoms with Crippen molar-refractivity contribution < 1.29 is 24.1 Å². The van der Waals surface area contributed by atoms with Crippen LogP contribution in [0.2, 0.25) is 0 Å². The number of ether oxygens (including phenoxy) is 3. The summed E-state index contributed by atoms with van der Waals surface area (Å²) in [4.78, 5) is 10.5. The van der Waals surface area contributed by atoms with Crippen molar-refractivity contribution in [3.8, 4) is 0 Å². The lowest BCUT2D eigenvalue weighted by Crippen LogP contribution is -2.34. The molecular weight excluding hydrogens is 176 g/mol. The molecule has 1 fully saturated rings. The molecule has 1 unspecified atom stereocenters. The Labute approximate surface area is 76.6 Å². The number of esters is 1. The molecule has 1 rings (SSSR count). The summed E-state index contributed by atoms with van der Waals surface area (Å²) in [6.45, 7) is 3.29. The fourth-order valence-electron chi connectivity index (χ4n) is 1.09. The maximum atomic E-state index is 10.5. The quantitative estimate of drug-likeness (QED) is 0.617. The molecule has 0 bridgehead atoms. The molecule has 1 aliphatic rings. The smallest absolute Gasteiger partial charge is 0.302 e. The number of carbonyl (C=O) groups is 1. The molecule has 0 amide bonds. The highest BCUT2D eigenvalue weighted by Crippen LogP contribution is 2.23. The van der Waals surface area contributed by atoms with Crippen LogP contribution >= 0.6 is 0 Å². The van der Waals surface area contributed by atoms with Gasteiger partial charge in [0, 0.05) is 6.92 Å². The van der Waals surface area contributed by atoms with Crippen LogP contribution in [0.5, 0.6) is 0 Å². The van der Waals surface area contributed by atoms with Crippen molar-refractivity contribution in [2.24, 2.45) is 0 Å². The average molecular weight is 190 g/mol. The summed E-state index contributed by atoms with van der Waals surface area (Å²) in [6.07, 6.45) is -0.319. The lowest BCUT2D eigenvalue weighted by atomic mass is 10.3. The van der Waals surface area contributed by atoms with Gasteiger partial charge in [0.25, 0.3) is 0 Å². The van der Waals surface area contributed by atoms with Crippen molar-refractivity contribution in [1.82, 2.24) is 0 Å². The third-order valence-electron chi connectivity index (χ3n) is 1.73. The Morgan fingerprint density at radius 2 is 2.46 bits per heavy atom. The van der Waals surface area contributed by atoms with E-state index in [0.717, 1.165) is 0 Å². The maximum absolute atomic E-state index is 10.5. The highest BCUT2D eigenvalue weighted by atomic mass is 16.8. The molecule has 76 valence electrons. The van der Waals surface area contributed by atoms with Gasteiger partial charge >= 0.3 is 5.97 Å². The summed E-state index contributed by atoms with van der Waals surface area (Å²) in [5.74, 6) is -1.28. The first-order chi connectivity index (χ1) is 6.06. The minimum Gasteiger partial charge on any atom is -0.460 e. The first-order valence-corrected chi connectivity index (χ1v) is 4.12. The summed E-state index contributed by atoms with van der Waals surface area (Å²) in [5, 5.41) is 8.76. The first kappa shape index (κ1) is 10.4. The molecule has 5 heteroatoms. The Bertz CT molecular complexity index is 193. The number of aliphatic hydroxyl groups is 1. The number of carbonyl (C=O) groups excluding carboxylic acids is 1. The topological polar surface area (TPSA) is 65.0 Å². The second kappa shape index (κ2) is 4.04. The summed E-state index contributed by atoms with van der Waals surface area (Å²) in [7, 11) is 0. The molecule has 2 atom stereocenters. The van der Waals surface area contributed by atoms with Crippen molar-refractivity contribution >= 4 is 5.97 Å². The van der Waals surface area contributed by atoms with Gasteiger partial charge in [0.2, 0.25) is 5.79 Å². The minimum atomic E-state index is -0.904. The van der Waals surface area contributed by atoms with Crippen LogP contribution in [0.15, 0.2) is 0 Å². The maximum Gasteiger partial charge on any atom is 0.302 e. The van der Waals surface area contributed by atoms with Gasteiger partial charge in [-0.15, -0.1) is 0 Å². The van der Waals surface area contributed by atoms with E-state index in [2.05, 4.69) is 0 Å². The zero-order valence-corrected chi connectivity index (χ0v) is 7.78. The summed E-state index contributed by atoms with van der Waals surface area (Å²) < 4.78 is 15.3.